The topological polar surface area (TPSA) is 29.3 Å². The number of nitrogens with zero attached hydrogens (tertiary/aromatic N) is 1. The van der Waals surface area contributed by atoms with E-state index in [1.165, 1.54) is 6.07 Å². The number of alkyl halides is 6. The molecule has 0 bridgehead atoms. The molecule has 1 aromatic rings. The molecule has 1 fully saturated rings. The van der Waals surface area contributed by atoms with Gasteiger partial charge in [-0.05, 0) is 31.0 Å². The predicted molar refractivity (Wildman–Crippen MR) is 66.8 cm³/mol. The summed E-state index contributed by atoms with van der Waals surface area (Å²) in [5.41, 5.74) is 5.02. The van der Waals surface area contributed by atoms with Crippen LogP contribution in [0.5, 0.6) is 0 Å². The van der Waals surface area contributed by atoms with Crippen molar-refractivity contribution in [3.63, 3.8) is 0 Å². The molecule has 1 saturated heterocycles. The quantitative estimate of drug-likeness (QED) is 0.626. The third-order valence-electron chi connectivity index (χ3n) is 3.65. The maximum atomic E-state index is 12.6. The van der Waals surface area contributed by atoms with E-state index in [-0.39, 0.29) is 31.6 Å². The Hall–Kier alpha value is -1.60. The van der Waals surface area contributed by atoms with Gasteiger partial charge in [0.2, 0.25) is 0 Å². The highest BCUT2D eigenvalue weighted by Gasteiger charge is 2.41. The Labute approximate surface area is 117 Å². The van der Waals surface area contributed by atoms with Crippen molar-refractivity contribution >= 4 is 11.4 Å². The standard InChI is InChI=1S/C13H14F6N2/c14-12(15,16)8-3-5-21(6-4-8)11-2-1-9(7-10(11)20)13(17,18)19/h1-2,7-8H,3-6,20H2. The Morgan fingerprint density at radius 2 is 1.57 bits per heavy atom. The van der Waals surface area contributed by atoms with Gasteiger partial charge in [-0.2, -0.15) is 26.3 Å². The summed E-state index contributed by atoms with van der Waals surface area (Å²) < 4.78 is 75.3. The number of benzene rings is 1. The van der Waals surface area contributed by atoms with Crippen LogP contribution < -0.4 is 10.6 Å². The van der Waals surface area contributed by atoms with Crippen LogP contribution in [0.15, 0.2) is 18.2 Å². The molecule has 2 rings (SSSR count). The molecule has 1 aromatic carbocycles. The maximum absolute atomic E-state index is 12.6. The zero-order chi connectivity index (χ0) is 15.8. The number of anilines is 2. The van der Waals surface area contributed by atoms with E-state index in [1.54, 1.807) is 4.90 Å². The van der Waals surface area contributed by atoms with Crippen LogP contribution in [0, 0.1) is 5.92 Å². The van der Waals surface area contributed by atoms with Crippen LogP contribution in [-0.2, 0) is 6.18 Å². The summed E-state index contributed by atoms with van der Waals surface area (Å²) in [5.74, 6) is -1.36. The van der Waals surface area contributed by atoms with Crippen molar-refractivity contribution in [2.45, 2.75) is 25.2 Å². The van der Waals surface area contributed by atoms with Gasteiger partial charge in [0.25, 0.3) is 0 Å². The lowest BCUT2D eigenvalue weighted by Crippen LogP contribution is -2.39. The Kier molecular flexibility index (Phi) is 3.99. The summed E-state index contributed by atoms with van der Waals surface area (Å²) in [6.45, 7) is 0.249. The summed E-state index contributed by atoms with van der Waals surface area (Å²) in [6, 6.07) is 2.92. The molecule has 118 valence electrons. The Morgan fingerprint density at radius 3 is 2.00 bits per heavy atom. The third kappa shape index (κ3) is 3.54. The fraction of sp³-hybridized carbons (Fsp3) is 0.538. The fourth-order valence-corrected chi connectivity index (χ4v) is 2.47. The normalized spacial score (nSPS) is 18.1. The number of piperidine rings is 1. The fourth-order valence-electron chi connectivity index (χ4n) is 2.47. The van der Waals surface area contributed by atoms with E-state index in [9.17, 15) is 26.3 Å². The zero-order valence-corrected chi connectivity index (χ0v) is 10.9. The Morgan fingerprint density at radius 1 is 1.00 bits per heavy atom. The lowest BCUT2D eigenvalue weighted by atomic mass is 9.95. The second-order valence-corrected chi connectivity index (χ2v) is 5.07. The molecule has 0 aromatic heterocycles. The second-order valence-electron chi connectivity index (χ2n) is 5.07. The molecule has 1 heterocycles. The van der Waals surface area contributed by atoms with E-state index in [2.05, 4.69) is 0 Å². The van der Waals surface area contributed by atoms with Gasteiger partial charge >= 0.3 is 12.4 Å². The first kappa shape index (κ1) is 15.8. The maximum Gasteiger partial charge on any atom is 0.416 e. The SMILES string of the molecule is Nc1cc(C(F)(F)F)ccc1N1CCC(C(F)(F)F)CC1. The lowest BCUT2D eigenvalue weighted by molar-refractivity contribution is -0.179. The minimum atomic E-state index is -4.49. The van der Waals surface area contributed by atoms with Crippen LogP contribution in [0.3, 0.4) is 0 Å². The van der Waals surface area contributed by atoms with Crippen molar-refractivity contribution in [1.29, 1.82) is 0 Å². The highest BCUT2D eigenvalue weighted by Crippen LogP contribution is 2.38. The average Bonchev–Trinajstić information content (AvgIpc) is 2.36. The van der Waals surface area contributed by atoms with Gasteiger partial charge in [-0.15, -0.1) is 0 Å². The third-order valence-corrected chi connectivity index (χ3v) is 3.65. The van der Waals surface area contributed by atoms with Crippen LogP contribution in [0.4, 0.5) is 37.7 Å². The zero-order valence-electron chi connectivity index (χ0n) is 10.9. The van der Waals surface area contributed by atoms with Gasteiger partial charge in [0.15, 0.2) is 0 Å². The van der Waals surface area contributed by atoms with E-state index in [0.29, 0.717) is 5.69 Å². The Balaban J connectivity index is 2.11. The van der Waals surface area contributed by atoms with Gasteiger partial charge in [-0.1, -0.05) is 0 Å². The molecule has 0 radical (unpaired) electrons. The van der Waals surface area contributed by atoms with Crippen molar-refractivity contribution in [2.75, 3.05) is 23.7 Å². The molecule has 0 spiro atoms. The monoisotopic (exact) mass is 312 g/mol. The summed E-state index contributed by atoms with van der Waals surface area (Å²) >= 11 is 0. The van der Waals surface area contributed by atoms with Crippen LogP contribution in [0.1, 0.15) is 18.4 Å². The first-order valence-electron chi connectivity index (χ1n) is 6.37. The first-order chi connectivity index (χ1) is 9.59. The summed E-state index contributed by atoms with van der Waals surface area (Å²) in [4.78, 5) is 1.59. The van der Waals surface area contributed by atoms with E-state index < -0.39 is 23.8 Å². The number of halogens is 6. The molecular formula is C13H14F6N2. The highest BCUT2D eigenvalue weighted by molar-refractivity contribution is 5.68. The van der Waals surface area contributed by atoms with Gasteiger partial charge in [0, 0.05) is 13.1 Å². The smallest absolute Gasteiger partial charge is 0.397 e. The number of hydrogen-bond acceptors (Lipinski definition) is 2. The molecule has 21 heavy (non-hydrogen) atoms. The lowest BCUT2D eigenvalue weighted by Gasteiger charge is -2.35. The highest BCUT2D eigenvalue weighted by atomic mass is 19.4. The largest absolute Gasteiger partial charge is 0.416 e. The predicted octanol–water partition coefficient (Wildman–Crippen LogP) is 4.07. The number of rotatable bonds is 1. The van der Waals surface area contributed by atoms with Gasteiger partial charge < -0.3 is 10.6 Å². The average molecular weight is 312 g/mol. The molecule has 1 aliphatic heterocycles. The molecule has 2 N–H and O–H groups in total. The second kappa shape index (κ2) is 5.31. The molecule has 0 aliphatic carbocycles. The van der Waals surface area contributed by atoms with Crippen LogP contribution in [0.2, 0.25) is 0 Å². The molecule has 8 heteroatoms. The minimum Gasteiger partial charge on any atom is -0.397 e. The first-order valence-corrected chi connectivity index (χ1v) is 6.37. The van der Waals surface area contributed by atoms with Crippen LogP contribution >= 0.6 is 0 Å². The minimum absolute atomic E-state index is 0.0738. The van der Waals surface area contributed by atoms with Crippen molar-refractivity contribution in [2.24, 2.45) is 5.92 Å². The molecule has 0 saturated carbocycles. The molecule has 0 unspecified atom stereocenters. The molecule has 0 amide bonds. The van der Waals surface area contributed by atoms with E-state index in [0.717, 1.165) is 12.1 Å². The van der Waals surface area contributed by atoms with Crippen LogP contribution in [0.25, 0.3) is 0 Å². The van der Waals surface area contributed by atoms with E-state index in [4.69, 9.17) is 5.73 Å². The van der Waals surface area contributed by atoms with Gasteiger partial charge in [0.05, 0.1) is 22.9 Å². The van der Waals surface area contributed by atoms with Gasteiger partial charge in [0.1, 0.15) is 0 Å². The summed E-state index contributed by atoms with van der Waals surface area (Å²) in [7, 11) is 0. The Bertz CT molecular complexity index is 500. The van der Waals surface area contributed by atoms with E-state index >= 15 is 0 Å². The molecular weight excluding hydrogens is 298 g/mol. The number of nitrogens with two attached hydrogens (primary N) is 1. The van der Waals surface area contributed by atoms with Crippen molar-refractivity contribution < 1.29 is 26.3 Å². The van der Waals surface area contributed by atoms with Crippen molar-refractivity contribution in [3.8, 4) is 0 Å². The summed E-state index contributed by atoms with van der Waals surface area (Å²) in [5, 5.41) is 0. The van der Waals surface area contributed by atoms with E-state index in [1.807, 2.05) is 0 Å². The molecule has 2 nitrogen and oxygen atoms in total. The molecule has 1 aliphatic rings. The summed E-state index contributed by atoms with van der Waals surface area (Å²) in [6.07, 6.45) is -8.87. The van der Waals surface area contributed by atoms with Gasteiger partial charge in [-0.25, -0.2) is 0 Å². The van der Waals surface area contributed by atoms with Gasteiger partial charge in [-0.3, -0.25) is 0 Å². The van der Waals surface area contributed by atoms with Crippen molar-refractivity contribution in [1.82, 2.24) is 0 Å². The molecule has 0 atom stereocenters. The van der Waals surface area contributed by atoms with Crippen LogP contribution in [-0.4, -0.2) is 19.3 Å². The van der Waals surface area contributed by atoms with Crippen molar-refractivity contribution in [3.05, 3.63) is 23.8 Å². The number of hydrogen-bond donors (Lipinski definition) is 1. The number of nitrogen functional groups attached to an aromatic ring is 1.